The smallest absolute Gasteiger partial charge is 0.416 e. The van der Waals surface area contributed by atoms with Crippen LogP contribution in [0, 0.1) is 6.92 Å². The van der Waals surface area contributed by atoms with Crippen molar-refractivity contribution in [3.63, 3.8) is 0 Å². The second-order valence-electron chi connectivity index (χ2n) is 8.60. The van der Waals surface area contributed by atoms with Crippen molar-refractivity contribution in [2.75, 3.05) is 0 Å². The number of alkyl halides is 6. The van der Waals surface area contributed by atoms with Crippen molar-refractivity contribution < 1.29 is 36.2 Å². The summed E-state index contributed by atoms with van der Waals surface area (Å²) in [6, 6.07) is 15.3. The third kappa shape index (κ3) is 3.84. The first-order valence-corrected chi connectivity index (χ1v) is 10.8. The molecule has 4 aromatic rings. The van der Waals surface area contributed by atoms with Gasteiger partial charge >= 0.3 is 18.3 Å². The maximum atomic E-state index is 13.6. The second kappa shape index (κ2) is 8.01. The van der Waals surface area contributed by atoms with Crippen LogP contribution in [0.5, 0.6) is 0 Å². The van der Waals surface area contributed by atoms with Gasteiger partial charge in [0, 0.05) is 17.8 Å². The molecule has 1 N–H and O–H groups in total. The minimum atomic E-state index is -5.03. The van der Waals surface area contributed by atoms with E-state index in [9.17, 15) is 36.2 Å². The fourth-order valence-corrected chi connectivity index (χ4v) is 4.80. The monoisotopic (exact) mass is 501 g/mol. The number of hydrogen-bond acceptors (Lipinski definition) is 1. The molecule has 184 valence electrons. The molecule has 1 heterocycles. The lowest BCUT2D eigenvalue weighted by atomic mass is 10.0. The first kappa shape index (κ1) is 23.7. The van der Waals surface area contributed by atoms with E-state index in [2.05, 4.69) is 0 Å². The maximum Gasteiger partial charge on any atom is 0.416 e. The highest BCUT2D eigenvalue weighted by molar-refractivity contribution is 5.92. The summed E-state index contributed by atoms with van der Waals surface area (Å²) >= 11 is 0. The van der Waals surface area contributed by atoms with Gasteiger partial charge in [-0.1, -0.05) is 36.4 Å². The Hall–Kier alpha value is -4.01. The van der Waals surface area contributed by atoms with Crippen molar-refractivity contribution in [2.24, 2.45) is 0 Å². The Morgan fingerprint density at radius 3 is 2.06 bits per heavy atom. The molecular formula is C27H17F6NO2. The van der Waals surface area contributed by atoms with Crippen molar-refractivity contribution in [3.05, 3.63) is 100 Å². The van der Waals surface area contributed by atoms with Crippen molar-refractivity contribution in [1.82, 2.24) is 4.57 Å². The molecular weight excluding hydrogens is 484 g/mol. The average molecular weight is 501 g/mol. The van der Waals surface area contributed by atoms with Crippen molar-refractivity contribution >= 4 is 5.97 Å². The van der Waals surface area contributed by atoms with Gasteiger partial charge in [0.15, 0.2) is 0 Å². The summed E-state index contributed by atoms with van der Waals surface area (Å²) in [5, 5.41) is 9.73. The van der Waals surface area contributed by atoms with Crippen molar-refractivity contribution in [2.45, 2.75) is 25.7 Å². The zero-order valence-electron chi connectivity index (χ0n) is 18.6. The number of nitrogens with zero attached hydrogens (tertiary/aromatic N) is 1. The summed E-state index contributed by atoms with van der Waals surface area (Å²) in [6.07, 6.45) is -9.58. The lowest BCUT2D eigenvalue weighted by Crippen LogP contribution is -2.12. The Balaban J connectivity index is 1.81. The number of benzene rings is 3. The fourth-order valence-electron chi connectivity index (χ4n) is 4.80. The summed E-state index contributed by atoms with van der Waals surface area (Å²) in [7, 11) is 0. The van der Waals surface area contributed by atoms with Crippen LogP contribution in [0.15, 0.2) is 66.7 Å². The Labute approximate surface area is 201 Å². The van der Waals surface area contributed by atoms with Crippen LogP contribution in [0.4, 0.5) is 26.3 Å². The van der Waals surface area contributed by atoms with Crippen LogP contribution >= 0.6 is 0 Å². The van der Waals surface area contributed by atoms with Crippen molar-refractivity contribution in [3.8, 4) is 28.1 Å². The largest absolute Gasteiger partial charge is 0.478 e. The average Bonchev–Trinajstić information content (AvgIpc) is 3.35. The second-order valence-corrected chi connectivity index (χ2v) is 8.60. The van der Waals surface area contributed by atoms with Gasteiger partial charge in [-0.05, 0) is 65.1 Å². The number of carbonyl (C=O) groups is 1. The predicted molar refractivity (Wildman–Crippen MR) is 121 cm³/mol. The summed E-state index contributed by atoms with van der Waals surface area (Å²) in [6.45, 7) is 1.48. The number of rotatable bonds is 3. The molecule has 0 radical (unpaired) electrons. The van der Waals surface area contributed by atoms with E-state index in [1.54, 1.807) is 12.1 Å². The van der Waals surface area contributed by atoms with Gasteiger partial charge in [-0.25, -0.2) is 4.79 Å². The van der Waals surface area contributed by atoms with Gasteiger partial charge in [0.25, 0.3) is 0 Å². The summed E-state index contributed by atoms with van der Waals surface area (Å²) in [5.41, 5.74) is 0.720. The number of aromatic nitrogens is 1. The molecule has 3 nitrogen and oxygen atoms in total. The van der Waals surface area contributed by atoms with Crippen LogP contribution in [-0.2, 0) is 18.8 Å². The van der Waals surface area contributed by atoms with Gasteiger partial charge in [0.1, 0.15) is 0 Å². The van der Waals surface area contributed by atoms with E-state index < -0.39 is 29.4 Å². The molecule has 0 aliphatic heterocycles. The van der Waals surface area contributed by atoms with Crippen LogP contribution in [0.2, 0.25) is 0 Å². The molecule has 0 spiro atoms. The minimum absolute atomic E-state index is 0.0542. The molecule has 0 amide bonds. The first-order chi connectivity index (χ1) is 16.9. The number of carboxylic acid groups (broad SMARTS) is 1. The number of halogens is 6. The van der Waals surface area contributed by atoms with E-state index in [0.717, 1.165) is 28.3 Å². The molecule has 3 aromatic carbocycles. The summed E-state index contributed by atoms with van der Waals surface area (Å²) < 4.78 is 82.7. The molecule has 1 aromatic heterocycles. The number of fused-ring (bicyclic) bond motifs is 3. The standard InChI is InChI=1S/C27H17F6NO2/c1-14-21(25(35)36)13-24(16-9-17(26(28,29)30)12-18(10-16)27(31,32)33)34(14)23-8-4-7-20-19-6-3-2-5-15(19)11-22(20)23/h2-10,12-13H,11H2,1H3,(H,35,36). The topological polar surface area (TPSA) is 42.2 Å². The Morgan fingerprint density at radius 1 is 0.833 bits per heavy atom. The Bertz CT molecular complexity index is 1500. The molecule has 1 aliphatic carbocycles. The SMILES string of the molecule is Cc1c(C(=O)O)cc(-c2cc(C(F)(F)F)cc(C(F)(F)F)c2)n1-c1cccc2c1Cc1ccccc1-2. The molecule has 0 saturated carbocycles. The number of carboxylic acids is 1. The normalized spacial score (nSPS) is 13.0. The molecule has 9 heteroatoms. The molecule has 36 heavy (non-hydrogen) atoms. The summed E-state index contributed by atoms with van der Waals surface area (Å²) in [5.74, 6) is -1.34. The first-order valence-electron chi connectivity index (χ1n) is 10.8. The maximum absolute atomic E-state index is 13.6. The third-order valence-electron chi connectivity index (χ3n) is 6.43. The Kier molecular flexibility index (Phi) is 5.28. The van der Waals surface area contributed by atoms with Gasteiger partial charge in [0.05, 0.1) is 22.4 Å². The van der Waals surface area contributed by atoms with Gasteiger partial charge in [-0.2, -0.15) is 26.3 Å². The fraction of sp³-hybridized carbons (Fsp3) is 0.148. The number of aromatic carboxylic acids is 1. The van der Waals surface area contributed by atoms with Crippen LogP contribution < -0.4 is 0 Å². The van der Waals surface area contributed by atoms with Crippen LogP contribution in [-0.4, -0.2) is 15.6 Å². The van der Waals surface area contributed by atoms with Gasteiger partial charge in [-0.3, -0.25) is 0 Å². The van der Waals surface area contributed by atoms with E-state index in [1.165, 1.54) is 11.5 Å². The highest BCUT2D eigenvalue weighted by Crippen LogP contribution is 2.43. The highest BCUT2D eigenvalue weighted by atomic mass is 19.4. The zero-order valence-corrected chi connectivity index (χ0v) is 18.6. The molecule has 0 unspecified atom stereocenters. The Morgan fingerprint density at radius 2 is 1.44 bits per heavy atom. The van der Waals surface area contributed by atoms with E-state index in [1.807, 2.05) is 30.3 Å². The van der Waals surface area contributed by atoms with E-state index in [4.69, 9.17) is 0 Å². The lowest BCUT2D eigenvalue weighted by molar-refractivity contribution is -0.143. The lowest BCUT2D eigenvalue weighted by Gasteiger charge is -2.18. The van der Waals surface area contributed by atoms with E-state index in [0.29, 0.717) is 24.2 Å². The summed E-state index contributed by atoms with van der Waals surface area (Å²) in [4.78, 5) is 11.9. The molecule has 0 fully saturated rings. The number of hydrogen-bond donors (Lipinski definition) is 1. The molecule has 0 atom stereocenters. The van der Waals surface area contributed by atoms with Crippen LogP contribution in [0.1, 0.15) is 38.3 Å². The van der Waals surface area contributed by atoms with E-state index >= 15 is 0 Å². The molecule has 0 saturated heterocycles. The predicted octanol–water partition coefficient (Wildman–Crippen LogP) is 7.76. The van der Waals surface area contributed by atoms with Gasteiger partial charge < -0.3 is 9.67 Å². The molecule has 0 bridgehead atoms. The highest BCUT2D eigenvalue weighted by Gasteiger charge is 2.37. The zero-order chi connectivity index (χ0) is 26.0. The molecule has 5 rings (SSSR count). The van der Waals surface area contributed by atoms with E-state index in [-0.39, 0.29) is 28.6 Å². The quantitative estimate of drug-likeness (QED) is 0.257. The van der Waals surface area contributed by atoms with Crippen LogP contribution in [0.3, 0.4) is 0 Å². The van der Waals surface area contributed by atoms with Crippen LogP contribution in [0.25, 0.3) is 28.1 Å². The molecule has 1 aliphatic rings. The van der Waals surface area contributed by atoms with Gasteiger partial charge in [-0.15, -0.1) is 0 Å². The van der Waals surface area contributed by atoms with Gasteiger partial charge in [0.2, 0.25) is 0 Å². The third-order valence-corrected chi connectivity index (χ3v) is 6.43. The minimum Gasteiger partial charge on any atom is -0.478 e. The van der Waals surface area contributed by atoms with Crippen molar-refractivity contribution in [1.29, 1.82) is 0 Å².